The van der Waals surface area contributed by atoms with Crippen LogP contribution in [0.15, 0.2) is 36.4 Å². The Hall–Kier alpha value is -3.16. The molecule has 2 fully saturated rings. The number of hydrogen-bond acceptors (Lipinski definition) is 6. The van der Waals surface area contributed by atoms with E-state index in [1.165, 1.54) is 0 Å². The first-order valence-corrected chi connectivity index (χ1v) is 12.8. The summed E-state index contributed by atoms with van der Waals surface area (Å²) in [6.07, 6.45) is 3.77. The minimum atomic E-state index is 0.0464. The van der Waals surface area contributed by atoms with Crippen LogP contribution in [0.2, 0.25) is 0 Å². The van der Waals surface area contributed by atoms with Gasteiger partial charge in [0.1, 0.15) is 5.75 Å². The van der Waals surface area contributed by atoms with Crippen LogP contribution in [0.1, 0.15) is 39.5 Å². The summed E-state index contributed by atoms with van der Waals surface area (Å²) in [7, 11) is 1.65. The van der Waals surface area contributed by atoms with Gasteiger partial charge in [-0.05, 0) is 61.6 Å². The molecule has 1 aliphatic carbocycles. The molecule has 1 aromatic heterocycles. The van der Waals surface area contributed by atoms with Gasteiger partial charge in [-0.2, -0.15) is 0 Å². The molecule has 0 spiro atoms. The van der Waals surface area contributed by atoms with Gasteiger partial charge >= 0.3 is 0 Å². The van der Waals surface area contributed by atoms with Crippen LogP contribution in [0.5, 0.6) is 5.75 Å². The molecule has 4 rings (SSSR count). The Morgan fingerprint density at radius 1 is 1.06 bits per heavy atom. The average molecular weight is 480 g/mol. The quantitative estimate of drug-likeness (QED) is 0.548. The van der Waals surface area contributed by atoms with E-state index in [1.807, 2.05) is 41.3 Å². The van der Waals surface area contributed by atoms with Gasteiger partial charge in [0.05, 0.1) is 19.3 Å². The number of rotatable bonds is 9. The summed E-state index contributed by atoms with van der Waals surface area (Å²) in [5, 5.41) is 8.89. The van der Waals surface area contributed by atoms with Crippen LogP contribution in [0, 0.1) is 11.8 Å². The highest BCUT2D eigenvalue weighted by Gasteiger charge is 2.35. The lowest BCUT2D eigenvalue weighted by molar-refractivity contribution is -0.141. The molecule has 2 aliphatic rings. The highest BCUT2D eigenvalue weighted by atomic mass is 16.5. The number of carbonyl (C=O) groups excluding carboxylic acids is 2. The van der Waals surface area contributed by atoms with Crippen molar-refractivity contribution in [3.05, 3.63) is 36.4 Å². The van der Waals surface area contributed by atoms with Crippen molar-refractivity contribution >= 4 is 17.6 Å². The molecule has 0 bridgehead atoms. The van der Waals surface area contributed by atoms with Crippen LogP contribution < -0.4 is 9.64 Å². The molecule has 1 atom stereocenters. The molecule has 1 aliphatic heterocycles. The number of nitrogens with zero attached hydrogens (tertiary/aromatic N) is 5. The highest BCUT2D eigenvalue weighted by Crippen LogP contribution is 2.31. The minimum absolute atomic E-state index is 0.0464. The van der Waals surface area contributed by atoms with Crippen molar-refractivity contribution in [3.8, 4) is 17.0 Å². The first kappa shape index (κ1) is 24.9. The van der Waals surface area contributed by atoms with Gasteiger partial charge in [0.25, 0.3) is 0 Å². The molecular formula is C27H37N5O3. The molecule has 0 N–H and O–H groups in total. The van der Waals surface area contributed by atoms with Gasteiger partial charge in [-0.3, -0.25) is 9.59 Å². The Bertz CT molecular complexity index is 991. The van der Waals surface area contributed by atoms with Crippen LogP contribution >= 0.6 is 0 Å². The van der Waals surface area contributed by atoms with Gasteiger partial charge in [-0.25, -0.2) is 0 Å². The molecule has 0 unspecified atom stereocenters. The molecule has 2 aromatic rings. The van der Waals surface area contributed by atoms with E-state index in [2.05, 4.69) is 28.9 Å². The van der Waals surface area contributed by atoms with Crippen LogP contribution in [-0.2, 0) is 9.59 Å². The van der Waals surface area contributed by atoms with Gasteiger partial charge in [-0.1, -0.05) is 20.3 Å². The minimum Gasteiger partial charge on any atom is -0.497 e. The third-order valence-electron chi connectivity index (χ3n) is 7.00. The third-order valence-corrected chi connectivity index (χ3v) is 7.00. The average Bonchev–Trinajstić information content (AvgIpc) is 3.75. The van der Waals surface area contributed by atoms with E-state index in [-0.39, 0.29) is 24.3 Å². The van der Waals surface area contributed by atoms with Crippen molar-refractivity contribution in [2.45, 2.75) is 39.5 Å². The molecule has 2 amide bonds. The van der Waals surface area contributed by atoms with E-state index >= 15 is 0 Å². The van der Waals surface area contributed by atoms with Gasteiger partial charge in [0, 0.05) is 44.2 Å². The van der Waals surface area contributed by atoms with E-state index in [1.54, 1.807) is 12.0 Å². The maximum Gasteiger partial charge on any atom is 0.242 e. The molecule has 1 saturated heterocycles. The first-order valence-electron chi connectivity index (χ1n) is 12.8. The Kier molecular flexibility index (Phi) is 8.21. The van der Waals surface area contributed by atoms with E-state index in [0.717, 1.165) is 55.1 Å². The van der Waals surface area contributed by atoms with Crippen LogP contribution in [0.25, 0.3) is 11.3 Å². The largest absolute Gasteiger partial charge is 0.497 e. The fraction of sp³-hybridized carbons (Fsp3) is 0.556. The number of amides is 2. The van der Waals surface area contributed by atoms with Crippen molar-refractivity contribution < 1.29 is 14.3 Å². The maximum absolute atomic E-state index is 13.1. The molecule has 188 valence electrons. The van der Waals surface area contributed by atoms with Gasteiger partial charge in [0.15, 0.2) is 5.82 Å². The molecule has 35 heavy (non-hydrogen) atoms. The predicted octanol–water partition coefficient (Wildman–Crippen LogP) is 3.48. The zero-order chi connectivity index (χ0) is 24.8. The Balaban J connectivity index is 1.34. The smallest absolute Gasteiger partial charge is 0.242 e. The highest BCUT2D eigenvalue weighted by molar-refractivity contribution is 5.87. The fourth-order valence-electron chi connectivity index (χ4n) is 4.40. The van der Waals surface area contributed by atoms with Gasteiger partial charge in [-0.15, -0.1) is 10.2 Å². The summed E-state index contributed by atoms with van der Waals surface area (Å²) in [5.74, 6) is 2.35. The number of anilines is 1. The molecule has 0 radical (unpaired) electrons. The number of ether oxygens (including phenoxy) is 1. The van der Waals surface area contributed by atoms with Crippen LogP contribution in [0.4, 0.5) is 5.82 Å². The number of methoxy groups -OCH3 is 1. The molecule has 8 nitrogen and oxygen atoms in total. The molecule has 1 aromatic carbocycles. The summed E-state index contributed by atoms with van der Waals surface area (Å²) in [6.45, 7) is 7.95. The Labute approximate surface area is 208 Å². The lowest BCUT2D eigenvalue weighted by Gasteiger charge is -2.29. The van der Waals surface area contributed by atoms with Crippen molar-refractivity contribution in [1.82, 2.24) is 20.0 Å². The van der Waals surface area contributed by atoms with Crippen LogP contribution in [0.3, 0.4) is 0 Å². The molecule has 1 saturated carbocycles. The predicted molar refractivity (Wildman–Crippen MR) is 136 cm³/mol. The van der Waals surface area contributed by atoms with Crippen molar-refractivity contribution in [2.24, 2.45) is 11.8 Å². The van der Waals surface area contributed by atoms with E-state index in [4.69, 9.17) is 4.74 Å². The van der Waals surface area contributed by atoms with Crippen molar-refractivity contribution in [1.29, 1.82) is 0 Å². The first-order chi connectivity index (χ1) is 17.0. The number of aromatic nitrogens is 2. The Morgan fingerprint density at radius 2 is 1.83 bits per heavy atom. The second kappa shape index (κ2) is 11.5. The zero-order valence-corrected chi connectivity index (χ0v) is 21.2. The Morgan fingerprint density at radius 3 is 2.46 bits per heavy atom. The summed E-state index contributed by atoms with van der Waals surface area (Å²) in [5.41, 5.74) is 1.80. The topological polar surface area (TPSA) is 78.9 Å². The van der Waals surface area contributed by atoms with Gasteiger partial charge in [0.2, 0.25) is 11.8 Å². The molecular weight excluding hydrogens is 442 g/mol. The second-order valence-corrected chi connectivity index (χ2v) is 9.73. The maximum atomic E-state index is 13.1. The molecule has 2 heterocycles. The monoisotopic (exact) mass is 479 g/mol. The van der Waals surface area contributed by atoms with E-state index < -0.39 is 0 Å². The standard InChI is InChI=1S/C27H37N5O3/c1-4-20(2)18-32(27(34)22-6-7-22)19-26(33)31-15-5-14-30(16-17-31)25-13-12-24(28-29-25)21-8-10-23(35-3)11-9-21/h8-13,20,22H,4-7,14-19H2,1-3H3/t20-/m0/s1. The van der Waals surface area contributed by atoms with Crippen molar-refractivity contribution in [2.75, 3.05) is 51.3 Å². The molecule has 8 heteroatoms. The lowest BCUT2D eigenvalue weighted by atomic mass is 10.1. The number of hydrogen-bond donors (Lipinski definition) is 0. The van der Waals surface area contributed by atoms with Gasteiger partial charge < -0.3 is 19.4 Å². The third kappa shape index (κ3) is 6.50. The fourth-order valence-corrected chi connectivity index (χ4v) is 4.40. The van der Waals surface area contributed by atoms with E-state index in [0.29, 0.717) is 32.1 Å². The SMILES string of the molecule is CC[C@H](C)CN(CC(=O)N1CCCN(c2ccc(-c3ccc(OC)cc3)nn2)CC1)C(=O)C1CC1. The second-order valence-electron chi connectivity index (χ2n) is 9.73. The summed E-state index contributed by atoms with van der Waals surface area (Å²) in [6, 6.07) is 11.7. The number of carbonyl (C=O) groups is 2. The van der Waals surface area contributed by atoms with Crippen LogP contribution in [-0.4, -0.2) is 78.2 Å². The van der Waals surface area contributed by atoms with Crippen molar-refractivity contribution in [3.63, 3.8) is 0 Å². The summed E-state index contributed by atoms with van der Waals surface area (Å²) >= 11 is 0. The summed E-state index contributed by atoms with van der Waals surface area (Å²) in [4.78, 5) is 31.8. The van der Waals surface area contributed by atoms with E-state index in [9.17, 15) is 9.59 Å². The normalized spacial score (nSPS) is 17.0. The number of benzene rings is 1. The summed E-state index contributed by atoms with van der Waals surface area (Å²) < 4.78 is 5.22. The zero-order valence-electron chi connectivity index (χ0n) is 21.2. The lowest BCUT2D eigenvalue weighted by Crippen LogP contribution is -2.46.